The van der Waals surface area contributed by atoms with Crippen molar-refractivity contribution >= 4 is 7.82 Å². The van der Waals surface area contributed by atoms with Crippen molar-refractivity contribution in [2.45, 2.75) is 40.9 Å². The molecular formula is C18H23O4P. The van der Waals surface area contributed by atoms with E-state index in [0.29, 0.717) is 0 Å². The summed E-state index contributed by atoms with van der Waals surface area (Å²) < 4.78 is 22.2. The lowest BCUT2D eigenvalue weighted by Gasteiger charge is -2.14. The zero-order valence-corrected chi connectivity index (χ0v) is 14.9. The summed E-state index contributed by atoms with van der Waals surface area (Å²) in [4.78, 5) is 9.84. The van der Waals surface area contributed by atoms with Crippen molar-refractivity contribution in [1.29, 1.82) is 0 Å². The first-order valence-corrected chi connectivity index (χ1v) is 9.00. The zero-order chi connectivity index (χ0) is 17.0. The third kappa shape index (κ3) is 5.29. The van der Waals surface area contributed by atoms with Gasteiger partial charge < -0.3 is 4.89 Å². The van der Waals surface area contributed by atoms with Crippen molar-refractivity contribution in [2.24, 2.45) is 0 Å². The monoisotopic (exact) mass is 334 g/mol. The molecule has 0 spiro atoms. The summed E-state index contributed by atoms with van der Waals surface area (Å²) in [6, 6.07) is 11.7. The Bertz CT molecular complexity index is 680. The maximum atomic E-state index is 12.0. The molecule has 0 heterocycles. The fourth-order valence-electron chi connectivity index (χ4n) is 2.35. The summed E-state index contributed by atoms with van der Waals surface area (Å²) in [6.07, 6.45) is 0. The zero-order valence-electron chi connectivity index (χ0n) is 14.0. The Labute approximate surface area is 137 Å². The quantitative estimate of drug-likeness (QED) is 0.774. The molecule has 0 aliphatic carbocycles. The molecule has 5 heteroatoms. The van der Waals surface area contributed by atoms with Crippen molar-refractivity contribution in [3.05, 3.63) is 69.8 Å². The van der Waals surface area contributed by atoms with Gasteiger partial charge in [-0.2, -0.15) is 0 Å². The number of aryl methyl sites for hydroxylation is 4. The number of benzene rings is 2. The molecule has 0 radical (unpaired) electrons. The average molecular weight is 334 g/mol. The van der Waals surface area contributed by atoms with E-state index in [2.05, 4.69) is 0 Å². The van der Waals surface area contributed by atoms with Gasteiger partial charge >= 0.3 is 7.82 Å². The van der Waals surface area contributed by atoms with Crippen LogP contribution in [0.15, 0.2) is 36.4 Å². The van der Waals surface area contributed by atoms with Crippen LogP contribution in [0, 0.1) is 27.7 Å². The highest BCUT2D eigenvalue weighted by Crippen LogP contribution is 2.45. The van der Waals surface area contributed by atoms with Gasteiger partial charge in [-0.15, -0.1) is 0 Å². The lowest BCUT2D eigenvalue weighted by molar-refractivity contribution is 0.137. The molecule has 23 heavy (non-hydrogen) atoms. The maximum Gasteiger partial charge on any atom is 0.472 e. The lowest BCUT2D eigenvalue weighted by Crippen LogP contribution is -1.99. The fourth-order valence-corrected chi connectivity index (χ4v) is 3.03. The van der Waals surface area contributed by atoms with Crippen molar-refractivity contribution in [3.8, 4) is 0 Å². The number of phosphoric acid groups is 1. The van der Waals surface area contributed by atoms with Crippen LogP contribution in [-0.4, -0.2) is 4.89 Å². The predicted molar refractivity (Wildman–Crippen MR) is 91.2 cm³/mol. The van der Waals surface area contributed by atoms with Crippen molar-refractivity contribution in [1.82, 2.24) is 0 Å². The van der Waals surface area contributed by atoms with Gasteiger partial charge in [-0.25, -0.2) is 4.57 Å². The molecular weight excluding hydrogens is 311 g/mol. The van der Waals surface area contributed by atoms with Crippen LogP contribution >= 0.6 is 7.82 Å². The fraction of sp³-hybridized carbons (Fsp3) is 0.333. The minimum absolute atomic E-state index is 0.0484. The van der Waals surface area contributed by atoms with Crippen LogP contribution in [0.4, 0.5) is 0 Å². The van der Waals surface area contributed by atoms with E-state index in [1.54, 1.807) is 0 Å². The Morgan fingerprint density at radius 3 is 1.57 bits per heavy atom. The Morgan fingerprint density at radius 2 is 1.22 bits per heavy atom. The molecule has 0 amide bonds. The molecule has 2 aromatic rings. The van der Waals surface area contributed by atoms with Crippen molar-refractivity contribution in [2.75, 3.05) is 0 Å². The van der Waals surface area contributed by atoms with Gasteiger partial charge in [0.2, 0.25) is 0 Å². The van der Waals surface area contributed by atoms with Crippen LogP contribution in [0.2, 0.25) is 0 Å². The van der Waals surface area contributed by atoms with Crippen molar-refractivity contribution < 1.29 is 18.5 Å². The molecule has 4 nitrogen and oxygen atoms in total. The van der Waals surface area contributed by atoms with E-state index in [4.69, 9.17) is 9.05 Å². The normalized spacial score (nSPS) is 11.7. The van der Waals surface area contributed by atoms with Gasteiger partial charge in [-0.05, 0) is 49.9 Å². The predicted octanol–water partition coefficient (Wildman–Crippen LogP) is 4.75. The Hall–Kier alpha value is -1.45. The molecule has 0 saturated heterocycles. The van der Waals surface area contributed by atoms with E-state index in [-0.39, 0.29) is 13.2 Å². The van der Waals surface area contributed by atoms with Gasteiger partial charge in [0.1, 0.15) is 0 Å². The molecule has 0 saturated carbocycles. The van der Waals surface area contributed by atoms with Crippen LogP contribution in [0.3, 0.4) is 0 Å². The minimum Gasteiger partial charge on any atom is -0.302 e. The summed E-state index contributed by atoms with van der Waals surface area (Å²) in [6.45, 7) is 8.00. The smallest absolute Gasteiger partial charge is 0.302 e. The van der Waals surface area contributed by atoms with Gasteiger partial charge in [-0.3, -0.25) is 9.05 Å². The van der Waals surface area contributed by atoms with Crippen LogP contribution < -0.4 is 0 Å². The third-order valence-corrected chi connectivity index (χ3v) is 4.67. The van der Waals surface area contributed by atoms with E-state index in [9.17, 15) is 9.46 Å². The number of hydrogen-bond acceptors (Lipinski definition) is 3. The highest BCUT2D eigenvalue weighted by Gasteiger charge is 2.22. The second-order valence-corrected chi connectivity index (χ2v) is 7.33. The van der Waals surface area contributed by atoms with E-state index in [0.717, 1.165) is 33.4 Å². The first kappa shape index (κ1) is 17.9. The summed E-state index contributed by atoms with van der Waals surface area (Å²) in [5, 5.41) is 0. The standard InChI is InChI=1S/C18H23O4P/c1-13-5-7-17(15(3)9-13)11-21-23(19,20)22-12-18-8-6-14(2)10-16(18)4/h5-10H,11-12H2,1-4H3,(H,19,20). The molecule has 2 aromatic carbocycles. The van der Waals surface area contributed by atoms with E-state index < -0.39 is 7.82 Å². The van der Waals surface area contributed by atoms with E-state index in [1.165, 1.54) is 0 Å². The summed E-state index contributed by atoms with van der Waals surface area (Å²) in [5.74, 6) is 0. The topological polar surface area (TPSA) is 55.8 Å². The highest BCUT2D eigenvalue weighted by atomic mass is 31.2. The van der Waals surface area contributed by atoms with E-state index in [1.807, 2.05) is 64.1 Å². The van der Waals surface area contributed by atoms with Crippen LogP contribution in [0.5, 0.6) is 0 Å². The summed E-state index contributed by atoms with van der Waals surface area (Å²) in [7, 11) is -4.09. The molecule has 0 unspecified atom stereocenters. The Kier molecular flexibility index (Phi) is 5.77. The largest absolute Gasteiger partial charge is 0.472 e. The Morgan fingerprint density at radius 1 is 0.826 bits per heavy atom. The van der Waals surface area contributed by atoms with Gasteiger partial charge in [-0.1, -0.05) is 47.5 Å². The molecule has 0 aliphatic heterocycles. The SMILES string of the molecule is Cc1ccc(COP(=O)(O)OCc2ccc(C)cc2C)c(C)c1. The number of rotatable bonds is 6. The van der Waals surface area contributed by atoms with Gasteiger partial charge in [0.15, 0.2) is 0 Å². The number of phosphoric ester groups is 1. The van der Waals surface area contributed by atoms with Gasteiger partial charge in [0, 0.05) is 0 Å². The first-order chi connectivity index (χ1) is 10.8. The van der Waals surface area contributed by atoms with Gasteiger partial charge in [0.25, 0.3) is 0 Å². The minimum atomic E-state index is -4.09. The summed E-state index contributed by atoms with van der Waals surface area (Å²) in [5.41, 5.74) is 6.09. The summed E-state index contributed by atoms with van der Waals surface area (Å²) >= 11 is 0. The number of hydrogen-bond donors (Lipinski definition) is 1. The van der Waals surface area contributed by atoms with Crippen LogP contribution in [0.25, 0.3) is 0 Å². The van der Waals surface area contributed by atoms with Gasteiger partial charge in [0.05, 0.1) is 13.2 Å². The van der Waals surface area contributed by atoms with Crippen molar-refractivity contribution in [3.63, 3.8) is 0 Å². The first-order valence-electron chi connectivity index (χ1n) is 7.51. The average Bonchev–Trinajstić information content (AvgIpc) is 2.45. The molecule has 0 bridgehead atoms. The highest BCUT2D eigenvalue weighted by molar-refractivity contribution is 7.47. The Balaban J connectivity index is 1.95. The second kappa shape index (κ2) is 7.41. The molecule has 1 N–H and O–H groups in total. The van der Waals surface area contributed by atoms with Crippen LogP contribution in [-0.2, 0) is 26.8 Å². The molecule has 0 aromatic heterocycles. The second-order valence-electron chi connectivity index (χ2n) is 5.88. The third-order valence-electron chi connectivity index (χ3n) is 3.76. The maximum absolute atomic E-state index is 12.0. The van der Waals surface area contributed by atoms with E-state index >= 15 is 0 Å². The molecule has 0 atom stereocenters. The van der Waals surface area contributed by atoms with Crippen LogP contribution in [0.1, 0.15) is 33.4 Å². The molecule has 2 rings (SSSR count). The molecule has 124 valence electrons. The lowest BCUT2D eigenvalue weighted by atomic mass is 10.1. The molecule has 0 fully saturated rings. The molecule has 0 aliphatic rings.